The molecule has 1 N–H and O–H groups in total. The molecule has 132 valence electrons. The van der Waals surface area contributed by atoms with Crippen LogP contribution in [-0.4, -0.2) is 25.8 Å². The summed E-state index contributed by atoms with van der Waals surface area (Å²) >= 11 is 0. The highest BCUT2D eigenvalue weighted by atomic mass is 19.4. The van der Waals surface area contributed by atoms with Gasteiger partial charge < -0.3 is 10.2 Å². The number of alkyl halides is 3. The monoisotopic (exact) mass is 350 g/mol. The summed E-state index contributed by atoms with van der Waals surface area (Å²) in [6.45, 7) is 1.82. The lowest BCUT2D eigenvalue weighted by atomic mass is 10.1. The van der Waals surface area contributed by atoms with Gasteiger partial charge in [0.2, 0.25) is 0 Å². The van der Waals surface area contributed by atoms with Gasteiger partial charge >= 0.3 is 6.18 Å². The second-order valence-corrected chi connectivity index (χ2v) is 5.77. The molecule has 0 heterocycles. The molecule has 25 heavy (non-hydrogen) atoms. The molecule has 2 rings (SSSR count). The number of carbonyl (C=O) groups excluding carboxylic acids is 2. The Morgan fingerprint density at radius 3 is 2.12 bits per heavy atom. The molecule has 2 aromatic rings. The number of hydrogen-bond donors (Lipinski definition) is 1. The van der Waals surface area contributed by atoms with E-state index in [2.05, 4.69) is 5.32 Å². The van der Waals surface area contributed by atoms with Crippen LogP contribution in [0.4, 0.5) is 24.5 Å². The minimum absolute atomic E-state index is 0.113. The van der Waals surface area contributed by atoms with Gasteiger partial charge in [0.1, 0.15) is 0 Å². The van der Waals surface area contributed by atoms with Crippen molar-refractivity contribution >= 4 is 23.1 Å². The van der Waals surface area contributed by atoms with Crippen LogP contribution in [-0.2, 0) is 11.0 Å². The van der Waals surface area contributed by atoms with Gasteiger partial charge in [-0.25, -0.2) is 0 Å². The number of hydrogen-bond acceptors (Lipinski definition) is 3. The summed E-state index contributed by atoms with van der Waals surface area (Å²) < 4.78 is 39.8. The minimum atomic E-state index is -4.67. The largest absolute Gasteiger partial charge is 0.418 e. The average Bonchev–Trinajstić information content (AvgIpc) is 2.54. The molecular formula is C18H17F3N2O2. The van der Waals surface area contributed by atoms with Gasteiger partial charge in [0.25, 0.3) is 11.7 Å². The van der Waals surface area contributed by atoms with E-state index in [1.165, 1.54) is 23.1 Å². The normalized spacial score (nSPS) is 11.1. The number of aryl methyl sites for hydroxylation is 1. The van der Waals surface area contributed by atoms with E-state index >= 15 is 0 Å². The van der Waals surface area contributed by atoms with E-state index in [0.29, 0.717) is 5.69 Å². The zero-order valence-corrected chi connectivity index (χ0v) is 13.9. The highest BCUT2D eigenvalue weighted by Gasteiger charge is 2.35. The molecular weight excluding hydrogens is 333 g/mol. The molecule has 0 fully saturated rings. The number of halogens is 3. The molecule has 2 aromatic carbocycles. The number of ketones is 1. The minimum Gasteiger partial charge on any atom is -0.378 e. The maximum absolute atomic E-state index is 13.3. The van der Waals surface area contributed by atoms with Crippen molar-refractivity contribution in [3.63, 3.8) is 0 Å². The number of nitrogens with zero attached hydrogens (tertiary/aromatic N) is 1. The third-order valence-corrected chi connectivity index (χ3v) is 3.59. The van der Waals surface area contributed by atoms with Crippen LogP contribution in [0.2, 0.25) is 0 Å². The summed E-state index contributed by atoms with van der Waals surface area (Å²) in [6, 6.07) is 9.70. The Kier molecular flexibility index (Phi) is 5.15. The van der Waals surface area contributed by atoms with Crippen molar-refractivity contribution in [2.45, 2.75) is 13.1 Å². The third-order valence-electron chi connectivity index (χ3n) is 3.59. The standard InChI is InChI=1S/C18H17F3N2O2/c1-11-4-6-12(7-5-11)16(24)17(25)22-15-9-8-13(23(2)3)10-14(15)18(19,20)21/h4-10H,1-3H3,(H,22,25). The predicted molar refractivity (Wildman–Crippen MR) is 89.9 cm³/mol. The van der Waals surface area contributed by atoms with E-state index in [0.717, 1.165) is 17.7 Å². The van der Waals surface area contributed by atoms with Crippen LogP contribution in [0.15, 0.2) is 42.5 Å². The molecule has 0 radical (unpaired) electrons. The first-order chi connectivity index (χ1) is 11.6. The van der Waals surface area contributed by atoms with Crippen LogP contribution in [0.3, 0.4) is 0 Å². The fraction of sp³-hybridized carbons (Fsp3) is 0.222. The SMILES string of the molecule is Cc1ccc(C(=O)C(=O)Nc2ccc(N(C)C)cc2C(F)(F)F)cc1. The van der Waals surface area contributed by atoms with E-state index in [9.17, 15) is 22.8 Å². The van der Waals surface area contributed by atoms with Gasteiger partial charge in [-0.2, -0.15) is 13.2 Å². The molecule has 0 atom stereocenters. The van der Waals surface area contributed by atoms with Gasteiger partial charge in [0, 0.05) is 25.3 Å². The predicted octanol–water partition coefficient (Wildman–Crippen LogP) is 3.90. The van der Waals surface area contributed by atoms with Crippen LogP contribution < -0.4 is 10.2 Å². The Morgan fingerprint density at radius 1 is 1.00 bits per heavy atom. The molecule has 0 saturated carbocycles. The quantitative estimate of drug-likeness (QED) is 0.672. The number of nitrogens with one attached hydrogen (secondary N) is 1. The van der Waals surface area contributed by atoms with Gasteiger partial charge in [-0.05, 0) is 25.1 Å². The average molecular weight is 350 g/mol. The molecule has 4 nitrogen and oxygen atoms in total. The van der Waals surface area contributed by atoms with Crippen molar-refractivity contribution in [1.82, 2.24) is 0 Å². The first-order valence-corrected chi connectivity index (χ1v) is 7.40. The number of benzene rings is 2. The molecule has 0 aromatic heterocycles. The Hall–Kier alpha value is -2.83. The van der Waals surface area contributed by atoms with Gasteiger partial charge in [-0.1, -0.05) is 29.8 Å². The van der Waals surface area contributed by atoms with Gasteiger partial charge in [0.15, 0.2) is 0 Å². The summed E-state index contributed by atoms with van der Waals surface area (Å²) in [5.41, 5.74) is -0.125. The molecule has 0 aliphatic carbocycles. The molecule has 7 heteroatoms. The lowest BCUT2D eigenvalue weighted by Gasteiger charge is -2.18. The van der Waals surface area contributed by atoms with Crippen LogP contribution >= 0.6 is 0 Å². The van der Waals surface area contributed by atoms with E-state index in [4.69, 9.17) is 0 Å². The zero-order chi connectivity index (χ0) is 18.8. The van der Waals surface area contributed by atoms with Crippen molar-refractivity contribution in [1.29, 1.82) is 0 Å². The molecule has 0 saturated heterocycles. The maximum atomic E-state index is 13.3. The second-order valence-electron chi connectivity index (χ2n) is 5.77. The first-order valence-electron chi connectivity index (χ1n) is 7.40. The van der Waals surface area contributed by atoms with Gasteiger partial charge in [-0.15, -0.1) is 0 Å². The lowest BCUT2D eigenvalue weighted by molar-refractivity contribution is -0.136. The summed E-state index contributed by atoms with van der Waals surface area (Å²) in [6.07, 6.45) is -4.67. The number of carbonyl (C=O) groups is 2. The van der Waals surface area contributed by atoms with Crippen LogP contribution in [0.1, 0.15) is 21.5 Å². The third kappa shape index (κ3) is 4.37. The van der Waals surface area contributed by atoms with Crippen molar-refractivity contribution in [3.05, 3.63) is 59.2 Å². The Morgan fingerprint density at radius 2 is 1.60 bits per heavy atom. The number of amides is 1. The topological polar surface area (TPSA) is 49.4 Å². The van der Waals surface area contributed by atoms with Crippen molar-refractivity contribution < 1.29 is 22.8 Å². The summed E-state index contributed by atoms with van der Waals surface area (Å²) in [7, 11) is 3.21. The van der Waals surface area contributed by atoms with Crippen molar-refractivity contribution in [2.24, 2.45) is 0 Å². The molecule has 0 bridgehead atoms. The van der Waals surface area contributed by atoms with E-state index in [1.54, 1.807) is 26.2 Å². The zero-order valence-electron chi connectivity index (χ0n) is 13.9. The summed E-state index contributed by atoms with van der Waals surface area (Å²) in [5.74, 6) is -2.02. The molecule has 0 aliphatic rings. The van der Waals surface area contributed by atoms with Gasteiger partial charge in [-0.3, -0.25) is 9.59 Å². The Balaban J connectivity index is 2.31. The molecule has 0 spiro atoms. The van der Waals surface area contributed by atoms with Gasteiger partial charge in [0.05, 0.1) is 11.3 Å². The number of Topliss-reactive ketones (excluding diaryl/α,β-unsaturated/α-hetero) is 1. The highest BCUT2D eigenvalue weighted by Crippen LogP contribution is 2.37. The first kappa shape index (κ1) is 18.5. The lowest BCUT2D eigenvalue weighted by Crippen LogP contribution is -2.25. The summed E-state index contributed by atoms with van der Waals surface area (Å²) in [4.78, 5) is 25.7. The molecule has 1 amide bonds. The van der Waals surface area contributed by atoms with Crippen LogP contribution in [0.25, 0.3) is 0 Å². The van der Waals surface area contributed by atoms with E-state index in [-0.39, 0.29) is 5.56 Å². The fourth-order valence-electron chi connectivity index (χ4n) is 2.17. The number of anilines is 2. The summed E-state index contributed by atoms with van der Waals surface area (Å²) in [5, 5.41) is 2.07. The Labute approximate surface area is 143 Å². The van der Waals surface area contributed by atoms with Crippen LogP contribution in [0, 0.1) is 6.92 Å². The molecule has 0 aliphatic heterocycles. The van der Waals surface area contributed by atoms with E-state index in [1.807, 2.05) is 6.92 Å². The molecule has 0 unspecified atom stereocenters. The van der Waals surface area contributed by atoms with E-state index < -0.39 is 29.1 Å². The fourth-order valence-corrected chi connectivity index (χ4v) is 2.17. The maximum Gasteiger partial charge on any atom is 0.418 e. The Bertz CT molecular complexity index is 797. The van der Waals surface area contributed by atoms with Crippen molar-refractivity contribution in [3.8, 4) is 0 Å². The smallest absolute Gasteiger partial charge is 0.378 e. The van der Waals surface area contributed by atoms with Crippen molar-refractivity contribution in [2.75, 3.05) is 24.3 Å². The number of rotatable bonds is 4. The van der Waals surface area contributed by atoms with Crippen LogP contribution in [0.5, 0.6) is 0 Å². The highest BCUT2D eigenvalue weighted by molar-refractivity contribution is 6.46. The second kappa shape index (κ2) is 6.96.